The lowest BCUT2D eigenvalue weighted by Crippen LogP contribution is -2.58. The van der Waals surface area contributed by atoms with Crippen molar-refractivity contribution < 1.29 is 23.8 Å². The number of morpholine rings is 1. The van der Waals surface area contributed by atoms with Gasteiger partial charge in [0.15, 0.2) is 0 Å². The molecule has 3 rings (SSSR count). The van der Waals surface area contributed by atoms with Crippen LogP contribution in [-0.2, 0) is 20.7 Å². The Balaban J connectivity index is 1.69. The Labute approximate surface area is 141 Å². The molecule has 5 nitrogen and oxygen atoms in total. The van der Waals surface area contributed by atoms with Gasteiger partial charge in [0, 0.05) is 32.1 Å². The molecule has 1 aromatic carbocycles. The molecule has 1 aromatic rings. The van der Waals surface area contributed by atoms with Crippen molar-refractivity contribution in [3.05, 3.63) is 35.6 Å². The zero-order valence-electron chi connectivity index (χ0n) is 13.7. The van der Waals surface area contributed by atoms with Gasteiger partial charge < -0.3 is 19.5 Å². The Bertz CT molecular complexity index is 559. The number of carbonyl (C=O) groups is 1. The molecule has 1 N–H and O–H groups in total. The van der Waals surface area contributed by atoms with Crippen LogP contribution in [0.4, 0.5) is 4.39 Å². The van der Waals surface area contributed by atoms with Crippen molar-refractivity contribution in [2.24, 2.45) is 5.92 Å². The van der Waals surface area contributed by atoms with Crippen LogP contribution in [0, 0.1) is 11.7 Å². The molecule has 0 saturated carbocycles. The summed E-state index contributed by atoms with van der Waals surface area (Å²) in [7, 11) is 0. The van der Waals surface area contributed by atoms with E-state index in [1.54, 1.807) is 17.0 Å². The van der Waals surface area contributed by atoms with Gasteiger partial charge in [0.2, 0.25) is 5.91 Å². The monoisotopic (exact) mass is 337 g/mol. The van der Waals surface area contributed by atoms with Crippen molar-refractivity contribution in [2.75, 3.05) is 39.5 Å². The quantitative estimate of drug-likeness (QED) is 0.902. The number of ether oxygens (including phenoxy) is 2. The normalized spacial score (nSPS) is 25.7. The van der Waals surface area contributed by atoms with Gasteiger partial charge in [0.1, 0.15) is 11.4 Å². The molecule has 0 aliphatic carbocycles. The van der Waals surface area contributed by atoms with Crippen LogP contribution < -0.4 is 0 Å². The van der Waals surface area contributed by atoms with Crippen LogP contribution in [-0.4, -0.2) is 61.0 Å². The number of hydrogen-bond acceptors (Lipinski definition) is 4. The van der Waals surface area contributed by atoms with E-state index in [-0.39, 0.29) is 24.2 Å². The molecule has 0 unspecified atom stereocenters. The van der Waals surface area contributed by atoms with Gasteiger partial charge in [-0.1, -0.05) is 12.1 Å². The zero-order chi connectivity index (χ0) is 17.0. The molecule has 24 heavy (non-hydrogen) atoms. The van der Waals surface area contributed by atoms with Crippen molar-refractivity contribution in [2.45, 2.75) is 24.9 Å². The average molecular weight is 337 g/mol. The van der Waals surface area contributed by atoms with Crippen molar-refractivity contribution in [1.82, 2.24) is 4.90 Å². The number of hydrogen-bond donors (Lipinski definition) is 1. The smallest absolute Gasteiger partial charge is 0.226 e. The summed E-state index contributed by atoms with van der Waals surface area (Å²) in [5.41, 5.74) is 0.0579. The predicted octanol–water partition coefficient (Wildman–Crippen LogP) is 1.38. The fraction of sp³-hybridized carbons (Fsp3) is 0.611. The molecule has 0 aromatic heterocycles. The van der Waals surface area contributed by atoms with Crippen molar-refractivity contribution in [3.8, 4) is 0 Å². The lowest BCUT2D eigenvalue weighted by Gasteiger charge is -2.43. The Morgan fingerprint density at radius 2 is 1.96 bits per heavy atom. The number of aliphatic hydroxyl groups is 1. The van der Waals surface area contributed by atoms with Gasteiger partial charge in [-0.2, -0.15) is 0 Å². The van der Waals surface area contributed by atoms with Crippen LogP contribution in [0.25, 0.3) is 0 Å². The van der Waals surface area contributed by atoms with Gasteiger partial charge in [0.05, 0.1) is 19.8 Å². The third-order valence-corrected chi connectivity index (χ3v) is 4.86. The van der Waals surface area contributed by atoms with E-state index in [0.717, 1.165) is 18.4 Å². The van der Waals surface area contributed by atoms with E-state index in [0.29, 0.717) is 39.3 Å². The Kier molecular flexibility index (Phi) is 5.48. The highest BCUT2D eigenvalue weighted by Crippen LogP contribution is 2.26. The Morgan fingerprint density at radius 3 is 2.62 bits per heavy atom. The van der Waals surface area contributed by atoms with Gasteiger partial charge in [-0.25, -0.2) is 4.39 Å². The summed E-state index contributed by atoms with van der Waals surface area (Å²) in [4.78, 5) is 14.5. The van der Waals surface area contributed by atoms with Gasteiger partial charge in [-0.3, -0.25) is 4.79 Å². The molecule has 2 heterocycles. The molecule has 1 atom stereocenters. The van der Waals surface area contributed by atoms with E-state index >= 15 is 0 Å². The first-order chi connectivity index (χ1) is 11.6. The van der Waals surface area contributed by atoms with Gasteiger partial charge in [-0.05, 0) is 30.5 Å². The number of nitrogens with zero attached hydrogens (tertiary/aromatic N) is 1. The van der Waals surface area contributed by atoms with Crippen LogP contribution in [0.2, 0.25) is 0 Å². The maximum Gasteiger partial charge on any atom is 0.226 e. The molecule has 2 saturated heterocycles. The molecule has 0 bridgehead atoms. The second-order valence-corrected chi connectivity index (χ2v) is 6.64. The summed E-state index contributed by atoms with van der Waals surface area (Å²) in [6.07, 6.45) is 1.95. The van der Waals surface area contributed by atoms with E-state index in [2.05, 4.69) is 0 Å². The summed E-state index contributed by atoms with van der Waals surface area (Å²) >= 11 is 0. The first-order valence-electron chi connectivity index (χ1n) is 8.48. The minimum atomic E-state index is -0.823. The molecule has 0 radical (unpaired) electrons. The van der Waals surface area contributed by atoms with Gasteiger partial charge in [0.25, 0.3) is 0 Å². The third kappa shape index (κ3) is 3.94. The number of rotatable bonds is 4. The number of benzene rings is 1. The number of aliphatic hydroxyl groups excluding tert-OH is 1. The highest BCUT2D eigenvalue weighted by Gasteiger charge is 2.39. The Morgan fingerprint density at radius 1 is 1.25 bits per heavy atom. The molecule has 6 heteroatoms. The van der Waals surface area contributed by atoms with Crippen molar-refractivity contribution in [1.29, 1.82) is 0 Å². The zero-order valence-corrected chi connectivity index (χ0v) is 13.7. The van der Waals surface area contributed by atoms with Crippen molar-refractivity contribution in [3.63, 3.8) is 0 Å². The van der Waals surface area contributed by atoms with Crippen LogP contribution in [0.5, 0.6) is 0 Å². The molecule has 132 valence electrons. The first kappa shape index (κ1) is 17.3. The highest BCUT2D eigenvalue weighted by atomic mass is 19.1. The minimum Gasteiger partial charge on any atom is -0.393 e. The maximum absolute atomic E-state index is 13.1. The largest absolute Gasteiger partial charge is 0.393 e. The minimum absolute atomic E-state index is 0.000867. The summed E-state index contributed by atoms with van der Waals surface area (Å²) in [6, 6.07) is 6.17. The van der Waals surface area contributed by atoms with E-state index in [1.807, 2.05) is 0 Å². The molecule has 0 spiro atoms. The SMILES string of the molecule is O=C(C1CCOCC1)N1CCO[C@](CO)(Cc2ccc(F)cc2)C1. The van der Waals surface area contributed by atoms with E-state index in [1.165, 1.54) is 12.1 Å². The van der Waals surface area contributed by atoms with Crippen LogP contribution in [0.1, 0.15) is 18.4 Å². The molecule has 1 amide bonds. The third-order valence-electron chi connectivity index (χ3n) is 4.86. The Hall–Kier alpha value is -1.50. The number of amides is 1. The molecular formula is C18H24FNO4. The van der Waals surface area contributed by atoms with Crippen molar-refractivity contribution >= 4 is 5.91 Å². The van der Waals surface area contributed by atoms with E-state index in [4.69, 9.17) is 9.47 Å². The summed E-state index contributed by atoms with van der Waals surface area (Å²) in [5.74, 6) is -0.171. The summed E-state index contributed by atoms with van der Waals surface area (Å²) < 4.78 is 24.2. The standard InChI is InChI=1S/C18H24FNO4/c19-16-3-1-14(2-4-16)11-18(13-21)12-20(7-10-24-18)17(22)15-5-8-23-9-6-15/h1-4,15,21H,5-13H2/t18-/m1/s1. The van der Waals surface area contributed by atoms with Crippen LogP contribution >= 0.6 is 0 Å². The predicted molar refractivity (Wildman–Crippen MR) is 86.0 cm³/mol. The fourth-order valence-corrected chi connectivity index (χ4v) is 3.47. The first-order valence-corrected chi connectivity index (χ1v) is 8.48. The number of carbonyl (C=O) groups excluding carboxylic acids is 1. The molecule has 2 aliphatic rings. The van der Waals surface area contributed by atoms with Crippen LogP contribution in [0.3, 0.4) is 0 Å². The maximum atomic E-state index is 13.1. The highest BCUT2D eigenvalue weighted by molar-refractivity contribution is 5.79. The topological polar surface area (TPSA) is 59.0 Å². The molecular weight excluding hydrogens is 313 g/mol. The molecule has 2 aliphatic heterocycles. The van der Waals surface area contributed by atoms with Crippen LogP contribution in [0.15, 0.2) is 24.3 Å². The average Bonchev–Trinajstić information content (AvgIpc) is 2.64. The second-order valence-electron chi connectivity index (χ2n) is 6.64. The molecule has 2 fully saturated rings. The van der Waals surface area contributed by atoms with Gasteiger partial charge >= 0.3 is 0 Å². The van der Waals surface area contributed by atoms with E-state index in [9.17, 15) is 14.3 Å². The number of halogens is 1. The lowest BCUT2D eigenvalue weighted by atomic mass is 9.91. The fourth-order valence-electron chi connectivity index (χ4n) is 3.47. The lowest BCUT2D eigenvalue weighted by molar-refractivity contribution is -0.163. The summed E-state index contributed by atoms with van der Waals surface area (Å²) in [5, 5.41) is 9.91. The summed E-state index contributed by atoms with van der Waals surface area (Å²) in [6.45, 7) is 2.38. The van der Waals surface area contributed by atoms with Gasteiger partial charge in [-0.15, -0.1) is 0 Å². The van der Waals surface area contributed by atoms with E-state index < -0.39 is 5.60 Å². The second kappa shape index (κ2) is 7.59.